The summed E-state index contributed by atoms with van der Waals surface area (Å²) in [6, 6.07) is 1.72. The highest BCUT2D eigenvalue weighted by Crippen LogP contribution is 2.26. The van der Waals surface area contributed by atoms with Crippen LogP contribution in [0.25, 0.3) is 0 Å². The third-order valence-electron chi connectivity index (χ3n) is 1.42. The summed E-state index contributed by atoms with van der Waals surface area (Å²) in [6.07, 6.45) is 0. The number of hydrogen-bond donors (Lipinski definition) is 2. The van der Waals surface area contributed by atoms with E-state index in [1.807, 2.05) is 0 Å². The van der Waals surface area contributed by atoms with Gasteiger partial charge in [-0.2, -0.15) is 0 Å². The van der Waals surface area contributed by atoms with Gasteiger partial charge in [0.15, 0.2) is 0 Å². The molecule has 3 nitrogen and oxygen atoms in total. The van der Waals surface area contributed by atoms with Gasteiger partial charge in [0, 0.05) is 10.5 Å². The zero-order valence-corrected chi connectivity index (χ0v) is 8.44. The van der Waals surface area contributed by atoms with E-state index in [-0.39, 0.29) is 10.2 Å². The Morgan fingerprint density at radius 3 is 2.64 bits per heavy atom. The number of carboxylic acids is 1. The minimum absolute atomic E-state index is 0.0613. The van der Waals surface area contributed by atoms with E-state index < -0.39 is 24.1 Å². The molecular formula is C8H6BrF2NO2. The average molecular weight is 266 g/mol. The summed E-state index contributed by atoms with van der Waals surface area (Å²) in [5, 5.41) is 10.7. The molecule has 0 spiro atoms. The van der Waals surface area contributed by atoms with E-state index in [0.717, 1.165) is 6.07 Å². The minimum Gasteiger partial charge on any atom is -0.480 e. The number of carboxylic acid groups (broad SMARTS) is 1. The van der Waals surface area contributed by atoms with Crippen LogP contribution in [0, 0.1) is 11.6 Å². The van der Waals surface area contributed by atoms with E-state index in [1.165, 1.54) is 0 Å². The normalized spacial score (nSPS) is 9.93. The third kappa shape index (κ3) is 2.66. The maximum Gasteiger partial charge on any atom is 0.322 e. The number of aliphatic carboxylic acids is 1. The van der Waals surface area contributed by atoms with Crippen molar-refractivity contribution < 1.29 is 18.7 Å². The van der Waals surface area contributed by atoms with Gasteiger partial charge in [0.2, 0.25) is 0 Å². The summed E-state index contributed by atoms with van der Waals surface area (Å²) in [7, 11) is 0. The van der Waals surface area contributed by atoms with Crippen LogP contribution in [-0.4, -0.2) is 17.6 Å². The molecule has 1 rings (SSSR count). The van der Waals surface area contributed by atoms with Gasteiger partial charge in [0.25, 0.3) is 0 Å². The van der Waals surface area contributed by atoms with Gasteiger partial charge in [-0.05, 0) is 22.0 Å². The Morgan fingerprint density at radius 2 is 2.14 bits per heavy atom. The van der Waals surface area contributed by atoms with Crippen molar-refractivity contribution in [3.63, 3.8) is 0 Å². The molecule has 0 atom stereocenters. The molecule has 1 aromatic carbocycles. The van der Waals surface area contributed by atoms with Crippen LogP contribution in [0.4, 0.5) is 14.5 Å². The molecule has 0 amide bonds. The topological polar surface area (TPSA) is 49.3 Å². The lowest BCUT2D eigenvalue weighted by molar-refractivity contribution is -0.134. The molecule has 0 saturated heterocycles. The summed E-state index contributed by atoms with van der Waals surface area (Å²) >= 11 is 2.91. The molecule has 0 aliphatic carbocycles. The molecule has 0 unspecified atom stereocenters. The Kier molecular flexibility index (Phi) is 3.40. The first-order valence-corrected chi connectivity index (χ1v) is 4.40. The standard InChI is InChI=1S/C8H6BrF2NO2/c9-5-1-4(10)2-6(11)8(5)12-3-7(13)14/h1-2,12H,3H2,(H,13,14). The van der Waals surface area contributed by atoms with Gasteiger partial charge in [-0.25, -0.2) is 8.78 Å². The Balaban J connectivity index is 2.91. The summed E-state index contributed by atoms with van der Waals surface area (Å²) in [4.78, 5) is 10.2. The first kappa shape index (κ1) is 10.9. The van der Waals surface area contributed by atoms with Crippen LogP contribution < -0.4 is 5.32 Å². The lowest BCUT2D eigenvalue weighted by atomic mass is 10.3. The van der Waals surface area contributed by atoms with Gasteiger partial charge in [-0.1, -0.05) is 0 Å². The van der Waals surface area contributed by atoms with Crippen LogP contribution in [0.2, 0.25) is 0 Å². The highest BCUT2D eigenvalue weighted by Gasteiger charge is 2.09. The van der Waals surface area contributed by atoms with Gasteiger partial charge < -0.3 is 10.4 Å². The first-order valence-electron chi connectivity index (χ1n) is 3.61. The van der Waals surface area contributed by atoms with E-state index in [4.69, 9.17) is 5.11 Å². The molecule has 0 saturated carbocycles. The molecule has 0 radical (unpaired) electrons. The molecule has 0 fully saturated rings. The molecule has 0 aliphatic rings. The van der Waals surface area contributed by atoms with Gasteiger partial charge >= 0.3 is 5.97 Å². The molecule has 0 aromatic heterocycles. The van der Waals surface area contributed by atoms with Crippen molar-refractivity contribution in [2.45, 2.75) is 0 Å². The van der Waals surface area contributed by atoms with Crippen molar-refractivity contribution in [2.75, 3.05) is 11.9 Å². The lowest BCUT2D eigenvalue weighted by Gasteiger charge is -2.07. The molecule has 2 N–H and O–H groups in total. The van der Waals surface area contributed by atoms with Crippen molar-refractivity contribution in [1.29, 1.82) is 0 Å². The Hall–Kier alpha value is -1.17. The largest absolute Gasteiger partial charge is 0.480 e. The van der Waals surface area contributed by atoms with E-state index in [2.05, 4.69) is 21.2 Å². The number of carbonyl (C=O) groups is 1. The third-order valence-corrected chi connectivity index (χ3v) is 2.05. The molecule has 0 heterocycles. The van der Waals surface area contributed by atoms with Crippen LogP contribution in [-0.2, 0) is 4.79 Å². The fourth-order valence-corrected chi connectivity index (χ4v) is 1.42. The second-order valence-corrected chi connectivity index (χ2v) is 3.35. The number of nitrogens with one attached hydrogen (secondary N) is 1. The smallest absolute Gasteiger partial charge is 0.322 e. The number of hydrogen-bond acceptors (Lipinski definition) is 2. The molecule has 14 heavy (non-hydrogen) atoms. The Morgan fingerprint density at radius 1 is 1.50 bits per heavy atom. The zero-order valence-electron chi connectivity index (χ0n) is 6.85. The van der Waals surface area contributed by atoms with E-state index in [1.54, 1.807) is 0 Å². The lowest BCUT2D eigenvalue weighted by Crippen LogP contribution is -2.13. The molecule has 1 aromatic rings. The molecule has 0 bridgehead atoms. The van der Waals surface area contributed by atoms with Crippen molar-refractivity contribution >= 4 is 27.6 Å². The quantitative estimate of drug-likeness (QED) is 0.881. The zero-order chi connectivity index (χ0) is 10.7. The summed E-state index contributed by atoms with van der Waals surface area (Å²) in [5.41, 5.74) is -0.0613. The second kappa shape index (κ2) is 4.36. The Labute approximate surface area is 86.9 Å². The van der Waals surface area contributed by atoms with Gasteiger partial charge in [-0.15, -0.1) is 0 Å². The molecular weight excluding hydrogens is 260 g/mol. The maximum atomic E-state index is 13.0. The highest BCUT2D eigenvalue weighted by atomic mass is 79.9. The van der Waals surface area contributed by atoms with Crippen molar-refractivity contribution in [2.24, 2.45) is 0 Å². The van der Waals surface area contributed by atoms with Crippen LogP contribution in [0.15, 0.2) is 16.6 Å². The van der Waals surface area contributed by atoms with Crippen LogP contribution in [0.1, 0.15) is 0 Å². The number of anilines is 1. The number of benzene rings is 1. The van der Waals surface area contributed by atoms with Crippen LogP contribution >= 0.6 is 15.9 Å². The van der Waals surface area contributed by atoms with Crippen molar-refractivity contribution in [1.82, 2.24) is 0 Å². The highest BCUT2D eigenvalue weighted by molar-refractivity contribution is 9.10. The Bertz CT molecular complexity index is 347. The minimum atomic E-state index is -1.12. The fraction of sp³-hybridized carbons (Fsp3) is 0.125. The molecule has 0 aliphatic heterocycles. The predicted octanol–water partition coefficient (Wildman–Crippen LogP) is 2.22. The van der Waals surface area contributed by atoms with Crippen molar-refractivity contribution in [3.05, 3.63) is 28.2 Å². The first-order chi connectivity index (χ1) is 6.50. The van der Waals surface area contributed by atoms with Crippen molar-refractivity contribution in [3.8, 4) is 0 Å². The summed E-state index contributed by atoms with van der Waals surface area (Å²) in [5.74, 6) is -2.69. The maximum absolute atomic E-state index is 13.0. The second-order valence-electron chi connectivity index (χ2n) is 2.49. The number of halogens is 3. The summed E-state index contributed by atoms with van der Waals surface area (Å²) in [6.45, 7) is -0.429. The van der Waals surface area contributed by atoms with Gasteiger partial charge in [0.05, 0.1) is 5.69 Å². The van der Waals surface area contributed by atoms with E-state index in [0.29, 0.717) is 6.07 Å². The molecule has 76 valence electrons. The van der Waals surface area contributed by atoms with Crippen LogP contribution in [0.3, 0.4) is 0 Å². The molecule has 6 heteroatoms. The monoisotopic (exact) mass is 265 g/mol. The summed E-state index contributed by atoms with van der Waals surface area (Å²) < 4.78 is 25.8. The van der Waals surface area contributed by atoms with Gasteiger partial charge in [0.1, 0.15) is 18.2 Å². The average Bonchev–Trinajstić information content (AvgIpc) is 2.01. The SMILES string of the molecule is O=C(O)CNc1c(F)cc(F)cc1Br. The van der Waals surface area contributed by atoms with E-state index >= 15 is 0 Å². The predicted molar refractivity (Wildman–Crippen MR) is 50.2 cm³/mol. The fourth-order valence-electron chi connectivity index (χ4n) is 0.875. The van der Waals surface area contributed by atoms with E-state index in [9.17, 15) is 13.6 Å². The number of rotatable bonds is 3. The van der Waals surface area contributed by atoms with Crippen LogP contribution in [0.5, 0.6) is 0 Å². The van der Waals surface area contributed by atoms with Gasteiger partial charge in [-0.3, -0.25) is 4.79 Å².